The third kappa shape index (κ3) is 4.65. The zero-order valence-electron chi connectivity index (χ0n) is 16.5. The van der Waals surface area contributed by atoms with Gasteiger partial charge in [-0.05, 0) is 74.2 Å². The summed E-state index contributed by atoms with van der Waals surface area (Å²) < 4.78 is 18.1. The second kappa shape index (κ2) is 8.33. The van der Waals surface area contributed by atoms with E-state index >= 15 is 0 Å². The number of rotatable bonds is 6. The number of Topliss-reactive ketones (excluding diaryl/α,β-unsaturated/α-hetero) is 1. The van der Waals surface area contributed by atoms with Gasteiger partial charge in [0.2, 0.25) is 0 Å². The van der Waals surface area contributed by atoms with Gasteiger partial charge >= 0.3 is 5.76 Å². The lowest BCUT2D eigenvalue weighted by Crippen LogP contribution is -2.38. The molecule has 0 bridgehead atoms. The van der Waals surface area contributed by atoms with E-state index in [4.69, 9.17) is 4.42 Å². The van der Waals surface area contributed by atoms with Crippen molar-refractivity contribution in [3.63, 3.8) is 0 Å². The highest BCUT2D eigenvalue weighted by Crippen LogP contribution is 2.23. The number of ketones is 1. The van der Waals surface area contributed by atoms with Crippen molar-refractivity contribution in [3.05, 3.63) is 70.0 Å². The number of nitrogens with one attached hydrogen (secondary N) is 1. The number of likely N-dealkylation sites (tertiary alicyclic amines) is 1. The van der Waals surface area contributed by atoms with Crippen molar-refractivity contribution in [3.8, 4) is 0 Å². The highest BCUT2D eigenvalue weighted by molar-refractivity contribution is 6.00. The van der Waals surface area contributed by atoms with E-state index in [9.17, 15) is 14.0 Å². The molecule has 2 aromatic carbocycles. The van der Waals surface area contributed by atoms with Gasteiger partial charge < -0.3 is 9.32 Å². The minimum Gasteiger partial charge on any atom is -0.408 e. The SMILES string of the molecule is CC(CN1CCC(Cc2ccc(F)cc2)CC1)C(=O)c1ccc2[nH]c(=O)oc2c1. The minimum atomic E-state index is -0.513. The van der Waals surface area contributed by atoms with Gasteiger partial charge in [-0.15, -0.1) is 0 Å². The highest BCUT2D eigenvalue weighted by Gasteiger charge is 2.24. The number of aromatic nitrogens is 1. The molecule has 3 aromatic rings. The molecule has 1 saturated heterocycles. The smallest absolute Gasteiger partial charge is 0.408 e. The molecular formula is C23H25FN2O3. The fourth-order valence-corrected chi connectivity index (χ4v) is 4.18. The van der Waals surface area contributed by atoms with Crippen molar-refractivity contribution in [1.82, 2.24) is 9.88 Å². The summed E-state index contributed by atoms with van der Waals surface area (Å²) in [6.07, 6.45) is 3.14. The number of aromatic amines is 1. The van der Waals surface area contributed by atoms with Crippen molar-refractivity contribution in [1.29, 1.82) is 0 Å². The summed E-state index contributed by atoms with van der Waals surface area (Å²) in [5.74, 6) is -0.182. The highest BCUT2D eigenvalue weighted by atomic mass is 19.1. The second-order valence-electron chi connectivity index (χ2n) is 8.07. The number of hydrogen-bond acceptors (Lipinski definition) is 4. The van der Waals surface area contributed by atoms with Crippen LogP contribution in [0.1, 0.15) is 35.7 Å². The van der Waals surface area contributed by atoms with E-state index in [1.807, 2.05) is 19.1 Å². The number of carbonyl (C=O) groups excluding carboxylic acids is 1. The number of oxazole rings is 1. The Morgan fingerprint density at radius 2 is 1.93 bits per heavy atom. The van der Waals surface area contributed by atoms with Gasteiger partial charge in [0.25, 0.3) is 0 Å². The van der Waals surface area contributed by atoms with Crippen LogP contribution in [0.25, 0.3) is 11.1 Å². The van der Waals surface area contributed by atoms with Crippen LogP contribution in [0.3, 0.4) is 0 Å². The van der Waals surface area contributed by atoms with Crippen molar-refractivity contribution >= 4 is 16.9 Å². The molecule has 0 aliphatic carbocycles. The lowest BCUT2D eigenvalue weighted by molar-refractivity contribution is 0.0869. The number of nitrogens with zero attached hydrogens (tertiary/aromatic N) is 1. The number of fused-ring (bicyclic) bond motifs is 1. The monoisotopic (exact) mass is 396 g/mol. The molecule has 1 unspecified atom stereocenters. The molecule has 152 valence electrons. The standard InChI is InChI=1S/C23H25FN2O3/c1-15(22(27)18-4-7-20-21(13-18)29-23(28)25-20)14-26-10-8-17(9-11-26)12-16-2-5-19(24)6-3-16/h2-7,13,15,17H,8-12,14H2,1H3,(H,25,28). The Morgan fingerprint density at radius 1 is 1.21 bits per heavy atom. The Hall–Kier alpha value is -2.73. The summed E-state index contributed by atoms with van der Waals surface area (Å²) in [4.78, 5) is 29.0. The van der Waals surface area contributed by atoms with Gasteiger partial charge in [-0.25, -0.2) is 9.18 Å². The third-order valence-electron chi connectivity index (χ3n) is 5.83. The van der Waals surface area contributed by atoms with Crippen molar-refractivity contribution in [2.24, 2.45) is 11.8 Å². The molecule has 5 nitrogen and oxygen atoms in total. The van der Waals surface area contributed by atoms with E-state index in [1.165, 1.54) is 17.7 Å². The summed E-state index contributed by atoms with van der Waals surface area (Å²) >= 11 is 0. The first-order valence-corrected chi connectivity index (χ1v) is 10.1. The van der Waals surface area contributed by atoms with Gasteiger partial charge in [0.1, 0.15) is 5.82 Å². The zero-order chi connectivity index (χ0) is 20.4. The molecule has 0 saturated carbocycles. The number of piperidine rings is 1. The first-order chi connectivity index (χ1) is 14.0. The summed E-state index contributed by atoms with van der Waals surface area (Å²) in [7, 11) is 0. The first-order valence-electron chi connectivity index (χ1n) is 10.1. The third-order valence-corrected chi connectivity index (χ3v) is 5.83. The largest absolute Gasteiger partial charge is 0.417 e. The molecule has 1 N–H and O–H groups in total. The van der Waals surface area contributed by atoms with Gasteiger partial charge in [0.15, 0.2) is 11.4 Å². The average molecular weight is 396 g/mol. The van der Waals surface area contributed by atoms with Gasteiger partial charge in [-0.3, -0.25) is 9.78 Å². The zero-order valence-corrected chi connectivity index (χ0v) is 16.5. The van der Waals surface area contributed by atoms with Crippen LogP contribution in [0.2, 0.25) is 0 Å². The summed E-state index contributed by atoms with van der Waals surface area (Å²) in [6.45, 7) is 4.60. The van der Waals surface area contributed by atoms with Crippen LogP contribution in [0.5, 0.6) is 0 Å². The first kappa shape index (κ1) is 19.6. The number of H-pyrrole nitrogens is 1. The fraction of sp³-hybridized carbons (Fsp3) is 0.391. The molecule has 1 aliphatic heterocycles. The maximum atomic E-state index is 13.0. The number of benzene rings is 2. The lowest BCUT2D eigenvalue weighted by atomic mass is 9.89. The molecule has 0 spiro atoms. The Balaban J connectivity index is 1.30. The fourth-order valence-electron chi connectivity index (χ4n) is 4.18. The van der Waals surface area contributed by atoms with E-state index in [0.29, 0.717) is 22.6 Å². The summed E-state index contributed by atoms with van der Waals surface area (Å²) in [5.41, 5.74) is 2.76. The van der Waals surface area contributed by atoms with Crippen LogP contribution in [-0.4, -0.2) is 35.3 Å². The molecule has 1 aliphatic rings. The molecule has 1 aromatic heterocycles. The second-order valence-corrected chi connectivity index (χ2v) is 8.07. The van der Waals surface area contributed by atoms with Crippen LogP contribution < -0.4 is 5.76 Å². The maximum Gasteiger partial charge on any atom is 0.417 e. The minimum absolute atomic E-state index is 0.0594. The molecule has 0 radical (unpaired) electrons. The maximum absolute atomic E-state index is 13.0. The van der Waals surface area contributed by atoms with Gasteiger partial charge in [0.05, 0.1) is 5.52 Å². The Morgan fingerprint density at radius 3 is 2.66 bits per heavy atom. The summed E-state index contributed by atoms with van der Waals surface area (Å²) in [6, 6.07) is 11.9. The predicted molar refractivity (Wildman–Crippen MR) is 110 cm³/mol. The molecule has 6 heteroatoms. The Labute approximate surface area is 168 Å². The summed E-state index contributed by atoms with van der Waals surface area (Å²) in [5, 5.41) is 0. The molecule has 1 atom stereocenters. The Kier molecular flexibility index (Phi) is 5.62. The van der Waals surface area contributed by atoms with E-state index in [1.54, 1.807) is 18.2 Å². The van der Waals surface area contributed by atoms with Crippen LogP contribution in [0, 0.1) is 17.7 Å². The van der Waals surface area contributed by atoms with Crippen molar-refractivity contribution in [2.75, 3.05) is 19.6 Å². The quantitative estimate of drug-likeness (QED) is 0.639. The number of carbonyl (C=O) groups is 1. The van der Waals surface area contributed by atoms with Gasteiger partial charge in [-0.2, -0.15) is 0 Å². The molecule has 4 rings (SSSR count). The predicted octanol–water partition coefficient (Wildman–Crippen LogP) is 4.03. The van der Waals surface area contributed by atoms with E-state index in [0.717, 1.165) is 38.9 Å². The van der Waals surface area contributed by atoms with Crippen LogP contribution in [-0.2, 0) is 6.42 Å². The van der Waals surface area contributed by atoms with Crippen molar-refractivity contribution < 1.29 is 13.6 Å². The van der Waals surface area contributed by atoms with E-state index in [-0.39, 0.29) is 17.5 Å². The Bertz CT molecular complexity index is 1050. The molecule has 0 amide bonds. The van der Waals surface area contributed by atoms with E-state index < -0.39 is 5.76 Å². The normalized spacial score (nSPS) is 16.9. The topological polar surface area (TPSA) is 66.3 Å². The lowest BCUT2D eigenvalue weighted by Gasteiger charge is -2.33. The number of hydrogen-bond donors (Lipinski definition) is 1. The van der Waals surface area contributed by atoms with Crippen LogP contribution >= 0.6 is 0 Å². The average Bonchev–Trinajstić information content (AvgIpc) is 3.09. The molecule has 1 fully saturated rings. The molecular weight excluding hydrogens is 371 g/mol. The van der Waals surface area contributed by atoms with E-state index in [2.05, 4.69) is 9.88 Å². The van der Waals surface area contributed by atoms with Crippen LogP contribution in [0.15, 0.2) is 51.7 Å². The molecule has 2 heterocycles. The molecule has 29 heavy (non-hydrogen) atoms. The van der Waals surface area contributed by atoms with Crippen molar-refractivity contribution in [2.45, 2.75) is 26.2 Å². The van der Waals surface area contributed by atoms with Gasteiger partial charge in [-0.1, -0.05) is 19.1 Å². The van der Waals surface area contributed by atoms with Gasteiger partial charge in [0, 0.05) is 18.0 Å². The number of halogens is 1. The van der Waals surface area contributed by atoms with Crippen LogP contribution in [0.4, 0.5) is 4.39 Å².